The smallest absolute Gasteiger partial charge is 0.454 e. The normalized spacial score (nSPS) is 11.1. The SMILES string of the molecule is CCOC(=O)Cc1cccc(C(=O)C(F)(F)F)c1. The lowest BCUT2D eigenvalue weighted by atomic mass is 10.1. The van der Waals surface area contributed by atoms with E-state index in [1.807, 2.05) is 0 Å². The van der Waals surface area contributed by atoms with Gasteiger partial charge in [0, 0.05) is 5.56 Å². The second kappa shape index (κ2) is 5.66. The first-order valence-corrected chi connectivity index (χ1v) is 5.20. The van der Waals surface area contributed by atoms with Gasteiger partial charge in [0.25, 0.3) is 5.78 Å². The van der Waals surface area contributed by atoms with Gasteiger partial charge in [0.15, 0.2) is 0 Å². The van der Waals surface area contributed by atoms with Crippen LogP contribution in [0.25, 0.3) is 0 Å². The summed E-state index contributed by atoms with van der Waals surface area (Å²) >= 11 is 0. The third-order valence-electron chi connectivity index (χ3n) is 2.10. The summed E-state index contributed by atoms with van der Waals surface area (Å²) in [5.74, 6) is -2.47. The topological polar surface area (TPSA) is 43.4 Å². The summed E-state index contributed by atoms with van der Waals surface area (Å²) in [5, 5.41) is 0. The third-order valence-corrected chi connectivity index (χ3v) is 2.10. The fraction of sp³-hybridized carbons (Fsp3) is 0.333. The Morgan fingerprint density at radius 2 is 1.94 bits per heavy atom. The molecule has 6 heteroatoms. The van der Waals surface area contributed by atoms with Gasteiger partial charge in [-0.25, -0.2) is 0 Å². The number of hydrogen-bond donors (Lipinski definition) is 0. The molecule has 0 aliphatic rings. The monoisotopic (exact) mass is 260 g/mol. The van der Waals surface area contributed by atoms with Crippen LogP contribution in [0.3, 0.4) is 0 Å². The number of benzene rings is 1. The summed E-state index contributed by atoms with van der Waals surface area (Å²) < 4.78 is 41.3. The largest absolute Gasteiger partial charge is 0.466 e. The summed E-state index contributed by atoms with van der Waals surface area (Å²) in [6.45, 7) is 1.82. The lowest BCUT2D eigenvalue weighted by Gasteiger charge is -2.07. The molecule has 0 saturated heterocycles. The Kier molecular flexibility index (Phi) is 4.47. The second-order valence-corrected chi connectivity index (χ2v) is 3.51. The van der Waals surface area contributed by atoms with Crippen LogP contribution in [0, 0.1) is 0 Å². The van der Waals surface area contributed by atoms with Crippen LogP contribution < -0.4 is 0 Å². The predicted octanol–water partition coefficient (Wildman–Crippen LogP) is 2.54. The average molecular weight is 260 g/mol. The number of Topliss-reactive ketones (excluding diaryl/α,β-unsaturated/α-hetero) is 1. The highest BCUT2D eigenvalue weighted by molar-refractivity contribution is 6.00. The molecule has 0 spiro atoms. The maximum absolute atomic E-state index is 12.2. The van der Waals surface area contributed by atoms with Crippen molar-refractivity contribution in [1.29, 1.82) is 0 Å². The van der Waals surface area contributed by atoms with Crippen LogP contribution >= 0.6 is 0 Å². The minimum atomic E-state index is -4.91. The zero-order valence-corrected chi connectivity index (χ0v) is 9.58. The van der Waals surface area contributed by atoms with Crippen molar-refractivity contribution in [2.75, 3.05) is 6.61 Å². The van der Waals surface area contributed by atoms with Crippen molar-refractivity contribution in [3.63, 3.8) is 0 Å². The summed E-state index contributed by atoms with van der Waals surface area (Å²) in [5.41, 5.74) is -0.173. The zero-order valence-electron chi connectivity index (χ0n) is 9.58. The van der Waals surface area contributed by atoms with Gasteiger partial charge >= 0.3 is 12.1 Å². The Hall–Kier alpha value is -1.85. The first kappa shape index (κ1) is 14.2. The van der Waals surface area contributed by atoms with E-state index >= 15 is 0 Å². The van der Waals surface area contributed by atoms with E-state index in [4.69, 9.17) is 0 Å². The minimum absolute atomic E-state index is 0.160. The molecule has 0 unspecified atom stereocenters. The molecule has 1 aromatic rings. The molecule has 1 aromatic carbocycles. The fourth-order valence-electron chi connectivity index (χ4n) is 1.36. The van der Waals surface area contributed by atoms with Crippen LogP contribution in [-0.4, -0.2) is 24.5 Å². The molecule has 0 atom stereocenters. The minimum Gasteiger partial charge on any atom is -0.466 e. The van der Waals surface area contributed by atoms with Crippen molar-refractivity contribution in [3.05, 3.63) is 35.4 Å². The highest BCUT2D eigenvalue weighted by Gasteiger charge is 2.39. The van der Waals surface area contributed by atoms with Gasteiger partial charge in [-0.3, -0.25) is 9.59 Å². The van der Waals surface area contributed by atoms with Crippen molar-refractivity contribution < 1.29 is 27.5 Å². The third kappa shape index (κ3) is 3.87. The molecule has 98 valence electrons. The van der Waals surface area contributed by atoms with Crippen molar-refractivity contribution in [2.24, 2.45) is 0 Å². The Labute approximate surface area is 102 Å². The highest BCUT2D eigenvalue weighted by atomic mass is 19.4. The van der Waals surface area contributed by atoms with E-state index in [1.54, 1.807) is 6.92 Å². The fourth-order valence-corrected chi connectivity index (χ4v) is 1.36. The number of hydrogen-bond acceptors (Lipinski definition) is 3. The molecule has 1 rings (SSSR count). The maximum atomic E-state index is 12.2. The quantitative estimate of drug-likeness (QED) is 0.617. The van der Waals surface area contributed by atoms with Crippen LogP contribution in [0.2, 0.25) is 0 Å². The molecular weight excluding hydrogens is 249 g/mol. The van der Waals surface area contributed by atoms with Gasteiger partial charge < -0.3 is 4.74 Å². The number of alkyl halides is 3. The number of carbonyl (C=O) groups excluding carboxylic acids is 2. The standard InChI is InChI=1S/C12H11F3O3/c1-2-18-10(16)7-8-4-3-5-9(6-8)11(17)12(13,14)15/h3-6H,2,7H2,1H3. The summed E-state index contributed by atoms with van der Waals surface area (Å²) in [6.07, 6.45) is -5.07. The molecular formula is C12H11F3O3. The Balaban J connectivity index is 2.86. The van der Waals surface area contributed by atoms with Crippen molar-refractivity contribution in [2.45, 2.75) is 19.5 Å². The van der Waals surface area contributed by atoms with E-state index < -0.39 is 23.5 Å². The van der Waals surface area contributed by atoms with Gasteiger partial charge in [0.2, 0.25) is 0 Å². The van der Waals surface area contributed by atoms with E-state index in [0.29, 0.717) is 5.56 Å². The lowest BCUT2D eigenvalue weighted by molar-refractivity contribution is -0.142. The van der Waals surface area contributed by atoms with E-state index in [9.17, 15) is 22.8 Å². The number of carbonyl (C=O) groups is 2. The zero-order chi connectivity index (χ0) is 13.8. The predicted molar refractivity (Wildman–Crippen MR) is 57.2 cm³/mol. The molecule has 0 N–H and O–H groups in total. The van der Waals surface area contributed by atoms with Gasteiger partial charge in [0.1, 0.15) is 0 Å². The van der Waals surface area contributed by atoms with Crippen LogP contribution in [-0.2, 0) is 16.0 Å². The number of esters is 1. The van der Waals surface area contributed by atoms with Crippen LogP contribution in [0.1, 0.15) is 22.8 Å². The molecule has 0 fully saturated rings. The Morgan fingerprint density at radius 1 is 1.28 bits per heavy atom. The van der Waals surface area contributed by atoms with E-state index in [2.05, 4.69) is 4.74 Å². The maximum Gasteiger partial charge on any atom is 0.454 e. The molecule has 0 radical (unpaired) electrons. The molecule has 0 saturated carbocycles. The van der Waals surface area contributed by atoms with Crippen LogP contribution in [0.15, 0.2) is 24.3 Å². The number of ketones is 1. The molecule has 3 nitrogen and oxygen atoms in total. The van der Waals surface area contributed by atoms with E-state index in [-0.39, 0.29) is 13.0 Å². The Morgan fingerprint density at radius 3 is 2.50 bits per heavy atom. The van der Waals surface area contributed by atoms with Crippen LogP contribution in [0.4, 0.5) is 13.2 Å². The van der Waals surface area contributed by atoms with Crippen molar-refractivity contribution in [1.82, 2.24) is 0 Å². The van der Waals surface area contributed by atoms with Gasteiger partial charge in [-0.15, -0.1) is 0 Å². The van der Waals surface area contributed by atoms with Gasteiger partial charge in [-0.2, -0.15) is 13.2 Å². The molecule has 18 heavy (non-hydrogen) atoms. The van der Waals surface area contributed by atoms with Crippen molar-refractivity contribution in [3.8, 4) is 0 Å². The molecule has 0 bridgehead atoms. The van der Waals surface area contributed by atoms with Gasteiger partial charge in [0.05, 0.1) is 13.0 Å². The Bertz CT molecular complexity index is 452. The second-order valence-electron chi connectivity index (χ2n) is 3.51. The first-order valence-electron chi connectivity index (χ1n) is 5.20. The summed E-state index contributed by atoms with van der Waals surface area (Å²) in [7, 11) is 0. The number of ether oxygens (including phenoxy) is 1. The van der Waals surface area contributed by atoms with E-state index in [1.165, 1.54) is 12.1 Å². The number of rotatable bonds is 4. The molecule has 0 aliphatic heterocycles. The highest BCUT2D eigenvalue weighted by Crippen LogP contribution is 2.22. The molecule has 0 amide bonds. The van der Waals surface area contributed by atoms with Gasteiger partial charge in [-0.05, 0) is 18.6 Å². The summed E-state index contributed by atoms with van der Waals surface area (Å²) in [6, 6.07) is 4.87. The van der Waals surface area contributed by atoms with Gasteiger partial charge in [-0.1, -0.05) is 18.2 Å². The van der Waals surface area contributed by atoms with Crippen molar-refractivity contribution >= 4 is 11.8 Å². The lowest BCUT2D eigenvalue weighted by Crippen LogP contribution is -2.22. The summed E-state index contributed by atoms with van der Waals surface area (Å²) in [4.78, 5) is 22.1. The van der Waals surface area contributed by atoms with Crippen LogP contribution in [0.5, 0.6) is 0 Å². The van der Waals surface area contributed by atoms with E-state index in [0.717, 1.165) is 12.1 Å². The first-order chi connectivity index (χ1) is 8.34. The molecule has 0 aromatic heterocycles. The molecule has 0 heterocycles. The molecule has 0 aliphatic carbocycles. The number of halogens is 3. The average Bonchev–Trinajstić information content (AvgIpc) is 2.27.